The number of nitrogens with two attached hydrogens (primary N) is 1. The molecule has 0 aliphatic carbocycles. The van der Waals surface area contributed by atoms with Crippen LogP contribution in [0.3, 0.4) is 0 Å². The van der Waals surface area contributed by atoms with Crippen molar-refractivity contribution in [1.82, 2.24) is 10.1 Å². The van der Waals surface area contributed by atoms with Gasteiger partial charge in [0, 0.05) is 18.9 Å². The van der Waals surface area contributed by atoms with Crippen LogP contribution in [0.25, 0.3) is 0 Å². The number of rotatable bonds is 7. The summed E-state index contributed by atoms with van der Waals surface area (Å²) >= 11 is 0. The van der Waals surface area contributed by atoms with Crippen molar-refractivity contribution in [2.75, 3.05) is 19.8 Å². The molecule has 2 atom stereocenters. The van der Waals surface area contributed by atoms with E-state index < -0.39 is 0 Å². The third kappa shape index (κ3) is 4.28. The van der Waals surface area contributed by atoms with Crippen molar-refractivity contribution >= 4 is 0 Å². The zero-order valence-electron chi connectivity index (χ0n) is 12.7. The Morgan fingerprint density at radius 2 is 2.20 bits per heavy atom. The lowest BCUT2D eigenvalue weighted by Crippen LogP contribution is -2.17. The first-order valence-corrected chi connectivity index (χ1v) is 7.81. The highest BCUT2D eigenvalue weighted by atomic mass is 16.5. The van der Waals surface area contributed by atoms with E-state index in [9.17, 15) is 0 Å². The summed E-state index contributed by atoms with van der Waals surface area (Å²) in [5.74, 6) is 3.17. The normalized spacial score (nSPS) is 21.3. The van der Waals surface area contributed by atoms with Gasteiger partial charge in [-0.3, -0.25) is 0 Å². The number of nitrogens with zero attached hydrogens (tertiary/aromatic N) is 2. The van der Waals surface area contributed by atoms with Gasteiger partial charge in [-0.2, -0.15) is 4.98 Å². The van der Waals surface area contributed by atoms with Crippen LogP contribution in [0.1, 0.15) is 57.2 Å². The van der Waals surface area contributed by atoms with Gasteiger partial charge in [-0.05, 0) is 44.1 Å². The Kier molecular flexibility index (Phi) is 5.98. The molecule has 114 valence electrons. The second-order valence-corrected chi connectivity index (χ2v) is 6.08. The summed E-state index contributed by atoms with van der Waals surface area (Å²) in [6.07, 6.45) is 5.16. The first kappa shape index (κ1) is 15.4. The van der Waals surface area contributed by atoms with Crippen molar-refractivity contribution in [3.05, 3.63) is 11.7 Å². The average Bonchev–Trinajstić information content (AvgIpc) is 2.93. The quantitative estimate of drug-likeness (QED) is 0.831. The van der Waals surface area contributed by atoms with Gasteiger partial charge in [0.1, 0.15) is 0 Å². The van der Waals surface area contributed by atoms with Crippen LogP contribution in [0.4, 0.5) is 0 Å². The Morgan fingerprint density at radius 1 is 1.35 bits per heavy atom. The highest BCUT2D eigenvalue weighted by molar-refractivity contribution is 4.97. The molecule has 2 unspecified atom stereocenters. The summed E-state index contributed by atoms with van der Waals surface area (Å²) < 4.78 is 10.9. The predicted octanol–water partition coefficient (Wildman–Crippen LogP) is 2.52. The van der Waals surface area contributed by atoms with Crippen molar-refractivity contribution < 1.29 is 9.26 Å². The third-order valence-corrected chi connectivity index (χ3v) is 4.22. The van der Waals surface area contributed by atoms with Gasteiger partial charge in [0.05, 0.1) is 6.61 Å². The van der Waals surface area contributed by atoms with E-state index in [0.717, 1.165) is 63.6 Å². The van der Waals surface area contributed by atoms with Gasteiger partial charge >= 0.3 is 0 Å². The highest BCUT2D eigenvalue weighted by Crippen LogP contribution is 2.24. The maximum absolute atomic E-state index is 5.67. The van der Waals surface area contributed by atoms with Crippen molar-refractivity contribution in [2.24, 2.45) is 17.6 Å². The van der Waals surface area contributed by atoms with Gasteiger partial charge in [0.15, 0.2) is 5.82 Å². The fourth-order valence-corrected chi connectivity index (χ4v) is 2.81. The number of ether oxygens (including phenoxy) is 1. The van der Waals surface area contributed by atoms with E-state index in [1.807, 2.05) is 0 Å². The molecule has 1 aliphatic heterocycles. The van der Waals surface area contributed by atoms with Crippen LogP contribution in [0.2, 0.25) is 0 Å². The molecule has 2 rings (SSSR count). The fraction of sp³-hybridized carbons (Fsp3) is 0.867. The Morgan fingerprint density at radius 3 is 2.85 bits per heavy atom. The monoisotopic (exact) mass is 281 g/mol. The number of hydrogen-bond acceptors (Lipinski definition) is 5. The van der Waals surface area contributed by atoms with Crippen LogP contribution in [0.15, 0.2) is 4.52 Å². The molecule has 5 heteroatoms. The molecule has 2 heterocycles. The Balaban J connectivity index is 1.85. The van der Waals surface area contributed by atoms with Gasteiger partial charge < -0.3 is 15.0 Å². The standard InChI is InChI=1S/C15H27N3O2/c1-11(2)12(7-8-16)5-6-14-17-15(18-20-14)13-4-3-9-19-10-13/h11-13H,3-10,16H2,1-2H3. The molecule has 1 aromatic rings. The SMILES string of the molecule is CC(C)C(CCN)CCc1nc(C2CCCOC2)no1. The van der Waals surface area contributed by atoms with E-state index in [0.29, 0.717) is 17.8 Å². The summed E-state index contributed by atoms with van der Waals surface area (Å²) in [5.41, 5.74) is 5.67. The van der Waals surface area contributed by atoms with Gasteiger partial charge in [0.25, 0.3) is 0 Å². The maximum atomic E-state index is 5.67. The van der Waals surface area contributed by atoms with E-state index in [4.69, 9.17) is 15.0 Å². The van der Waals surface area contributed by atoms with Crippen LogP contribution >= 0.6 is 0 Å². The van der Waals surface area contributed by atoms with E-state index in [-0.39, 0.29) is 0 Å². The smallest absolute Gasteiger partial charge is 0.226 e. The molecule has 0 saturated carbocycles. The van der Waals surface area contributed by atoms with Gasteiger partial charge in [0.2, 0.25) is 5.89 Å². The van der Waals surface area contributed by atoms with Crippen molar-refractivity contribution in [2.45, 2.75) is 51.9 Å². The molecule has 0 amide bonds. The van der Waals surface area contributed by atoms with Gasteiger partial charge in [-0.15, -0.1) is 0 Å². The predicted molar refractivity (Wildman–Crippen MR) is 77.4 cm³/mol. The van der Waals surface area contributed by atoms with E-state index in [2.05, 4.69) is 24.0 Å². The summed E-state index contributed by atoms with van der Waals surface area (Å²) in [6.45, 7) is 6.83. The largest absolute Gasteiger partial charge is 0.381 e. The van der Waals surface area contributed by atoms with E-state index in [1.165, 1.54) is 0 Å². The fourth-order valence-electron chi connectivity index (χ4n) is 2.81. The minimum Gasteiger partial charge on any atom is -0.381 e. The zero-order chi connectivity index (χ0) is 14.4. The molecule has 2 N–H and O–H groups in total. The first-order chi connectivity index (χ1) is 9.70. The molecule has 0 radical (unpaired) electrons. The van der Waals surface area contributed by atoms with Crippen LogP contribution in [0, 0.1) is 11.8 Å². The lowest BCUT2D eigenvalue weighted by molar-refractivity contribution is 0.0773. The lowest BCUT2D eigenvalue weighted by atomic mass is 9.88. The number of hydrogen-bond donors (Lipinski definition) is 1. The molecule has 0 aromatic carbocycles. The average molecular weight is 281 g/mol. The molecule has 1 saturated heterocycles. The summed E-state index contributed by atoms with van der Waals surface area (Å²) in [5, 5.41) is 4.12. The second-order valence-electron chi connectivity index (χ2n) is 6.08. The molecule has 1 fully saturated rings. The van der Waals surface area contributed by atoms with Crippen LogP contribution < -0.4 is 5.73 Å². The van der Waals surface area contributed by atoms with Crippen molar-refractivity contribution in [3.8, 4) is 0 Å². The molecular formula is C15H27N3O2. The Bertz CT molecular complexity index is 386. The lowest BCUT2D eigenvalue weighted by Gasteiger charge is -2.19. The topological polar surface area (TPSA) is 74.2 Å². The van der Waals surface area contributed by atoms with E-state index >= 15 is 0 Å². The molecule has 5 nitrogen and oxygen atoms in total. The summed E-state index contributed by atoms with van der Waals surface area (Å²) in [4.78, 5) is 4.54. The van der Waals surface area contributed by atoms with Crippen molar-refractivity contribution in [1.29, 1.82) is 0 Å². The summed E-state index contributed by atoms with van der Waals surface area (Å²) in [7, 11) is 0. The maximum Gasteiger partial charge on any atom is 0.226 e. The molecule has 1 aromatic heterocycles. The van der Waals surface area contributed by atoms with Crippen LogP contribution in [-0.4, -0.2) is 29.9 Å². The van der Waals surface area contributed by atoms with Crippen molar-refractivity contribution in [3.63, 3.8) is 0 Å². The Labute approximate surface area is 121 Å². The van der Waals surface area contributed by atoms with Crippen LogP contribution in [0.5, 0.6) is 0 Å². The highest BCUT2D eigenvalue weighted by Gasteiger charge is 2.22. The van der Waals surface area contributed by atoms with Gasteiger partial charge in [-0.1, -0.05) is 19.0 Å². The molecule has 0 bridgehead atoms. The van der Waals surface area contributed by atoms with Crippen LogP contribution in [-0.2, 0) is 11.2 Å². The molecule has 0 spiro atoms. The molecular weight excluding hydrogens is 254 g/mol. The molecule has 20 heavy (non-hydrogen) atoms. The van der Waals surface area contributed by atoms with Gasteiger partial charge in [-0.25, -0.2) is 0 Å². The third-order valence-electron chi connectivity index (χ3n) is 4.22. The first-order valence-electron chi connectivity index (χ1n) is 7.81. The van der Waals surface area contributed by atoms with E-state index in [1.54, 1.807) is 0 Å². The minimum atomic E-state index is 0.311. The zero-order valence-corrected chi connectivity index (χ0v) is 12.7. The molecule has 1 aliphatic rings. The minimum absolute atomic E-state index is 0.311. The number of aromatic nitrogens is 2. The second kappa shape index (κ2) is 7.74. The number of aryl methyl sites for hydroxylation is 1. The summed E-state index contributed by atoms with van der Waals surface area (Å²) in [6, 6.07) is 0. The Hall–Kier alpha value is -0.940.